The van der Waals surface area contributed by atoms with Crippen molar-refractivity contribution in [1.29, 1.82) is 0 Å². The van der Waals surface area contributed by atoms with Crippen LogP contribution in [0.2, 0.25) is 0 Å². The molecule has 1 aromatic rings. The molecule has 1 fully saturated rings. The molecule has 0 saturated carbocycles. The molecule has 0 bridgehead atoms. The number of hydrogen-bond donors (Lipinski definition) is 1. The second-order valence-electron chi connectivity index (χ2n) is 3.25. The highest BCUT2D eigenvalue weighted by Gasteiger charge is 2.17. The molecular weight excluding hydrogens is 249 g/mol. The smallest absolute Gasteiger partial charge is 0.124 e. The Labute approximate surface area is 90.6 Å². The van der Waals surface area contributed by atoms with Gasteiger partial charge in [0, 0.05) is 11.0 Å². The summed E-state index contributed by atoms with van der Waals surface area (Å²) in [5, 5.41) is 3.32. The van der Waals surface area contributed by atoms with Crippen LogP contribution in [-0.2, 0) is 4.74 Å². The van der Waals surface area contributed by atoms with E-state index in [0.717, 1.165) is 23.2 Å². The zero-order chi connectivity index (χ0) is 9.97. The van der Waals surface area contributed by atoms with Crippen molar-refractivity contribution >= 4 is 15.9 Å². The molecule has 2 nitrogen and oxygen atoms in total. The molecule has 1 aliphatic rings. The van der Waals surface area contributed by atoms with Gasteiger partial charge < -0.3 is 10.1 Å². The molecule has 4 heteroatoms. The van der Waals surface area contributed by atoms with Crippen LogP contribution >= 0.6 is 15.9 Å². The van der Waals surface area contributed by atoms with Gasteiger partial charge >= 0.3 is 0 Å². The number of halogens is 2. The second-order valence-corrected chi connectivity index (χ2v) is 4.10. The highest BCUT2D eigenvalue weighted by atomic mass is 79.9. The number of benzene rings is 1. The van der Waals surface area contributed by atoms with Crippen molar-refractivity contribution in [2.75, 3.05) is 19.8 Å². The van der Waals surface area contributed by atoms with Crippen LogP contribution in [0.3, 0.4) is 0 Å². The fourth-order valence-electron chi connectivity index (χ4n) is 1.55. The third-order valence-corrected chi connectivity index (χ3v) is 2.95. The van der Waals surface area contributed by atoms with E-state index in [-0.39, 0.29) is 11.9 Å². The van der Waals surface area contributed by atoms with Crippen LogP contribution in [0.5, 0.6) is 0 Å². The molecular formula is C10H11BrFNO. The monoisotopic (exact) mass is 259 g/mol. The second kappa shape index (κ2) is 4.38. The Morgan fingerprint density at radius 1 is 1.50 bits per heavy atom. The Morgan fingerprint density at radius 3 is 3.00 bits per heavy atom. The number of ether oxygens (including phenoxy) is 1. The van der Waals surface area contributed by atoms with Crippen molar-refractivity contribution in [2.45, 2.75) is 6.04 Å². The summed E-state index contributed by atoms with van der Waals surface area (Å²) in [7, 11) is 0. The Balaban J connectivity index is 2.22. The van der Waals surface area contributed by atoms with Gasteiger partial charge in [-0.25, -0.2) is 4.39 Å². The Morgan fingerprint density at radius 2 is 2.36 bits per heavy atom. The van der Waals surface area contributed by atoms with E-state index in [2.05, 4.69) is 21.2 Å². The first kappa shape index (κ1) is 10.1. The molecule has 76 valence electrons. The normalized spacial score (nSPS) is 22.3. The zero-order valence-corrected chi connectivity index (χ0v) is 9.18. The van der Waals surface area contributed by atoms with E-state index >= 15 is 0 Å². The first-order valence-corrected chi connectivity index (χ1v) is 5.33. The minimum atomic E-state index is -0.225. The van der Waals surface area contributed by atoms with E-state index in [9.17, 15) is 4.39 Å². The molecule has 0 radical (unpaired) electrons. The van der Waals surface area contributed by atoms with E-state index in [4.69, 9.17) is 4.74 Å². The number of hydrogen-bond acceptors (Lipinski definition) is 2. The molecule has 0 aliphatic carbocycles. The number of nitrogens with one attached hydrogen (secondary N) is 1. The van der Waals surface area contributed by atoms with Gasteiger partial charge in [0.2, 0.25) is 0 Å². The molecule has 0 aromatic heterocycles. The summed E-state index contributed by atoms with van der Waals surface area (Å²) in [6.07, 6.45) is 0. The van der Waals surface area contributed by atoms with E-state index in [0.29, 0.717) is 6.61 Å². The minimum absolute atomic E-state index is 0.165. The maximum absolute atomic E-state index is 12.8. The van der Waals surface area contributed by atoms with E-state index < -0.39 is 0 Å². The molecule has 1 atom stereocenters. The van der Waals surface area contributed by atoms with Gasteiger partial charge in [-0.2, -0.15) is 0 Å². The lowest BCUT2D eigenvalue weighted by Gasteiger charge is -2.24. The van der Waals surface area contributed by atoms with Crippen molar-refractivity contribution in [3.8, 4) is 0 Å². The van der Waals surface area contributed by atoms with Crippen molar-refractivity contribution in [3.05, 3.63) is 34.1 Å². The van der Waals surface area contributed by atoms with Crippen molar-refractivity contribution in [3.63, 3.8) is 0 Å². The van der Waals surface area contributed by atoms with Crippen LogP contribution in [0.25, 0.3) is 0 Å². The maximum atomic E-state index is 12.8. The van der Waals surface area contributed by atoms with E-state index in [1.165, 1.54) is 12.1 Å². The average molecular weight is 260 g/mol. The van der Waals surface area contributed by atoms with Crippen molar-refractivity contribution in [2.24, 2.45) is 0 Å². The lowest BCUT2D eigenvalue weighted by Crippen LogP contribution is -2.34. The van der Waals surface area contributed by atoms with Crippen molar-refractivity contribution in [1.82, 2.24) is 5.32 Å². The number of morpholine rings is 1. The molecule has 1 saturated heterocycles. The molecule has 14 heavy (non-hydrogen) atoms. The van der Waals surface area contributed by atoms with Crippen LogP contribution < -0.4 is 5.32 Å². The first-order valence-electron chi connectivity index (χ1n) is 4.53. The SMILES string of the molecule is Fc1ccc([C@@H]2COCCN2)c(Br)c1. The van der Waals surface area contributed by atoms with Crippen LogP contribution in [0.4, 0.5) is 4.39 Å². The molecule has 2 rings (SSSR count). The Hall–Kier alpha value is -0.450. The average Bonchev–Trinajstić information content (AvgIpc) is 2.19. The first-order chi connectivity index (χ1) is 6.77. The van der Waals surface area contributed by atoms with Gasteiger partial charge in [-0.3, -0.25) is 0 Å². The van der Waals surface area contributed by atoms with Gasteiger partial charge in [-0.05, 0) is 17.7 Å². The summed E-state index contributed by atoms with van der Waals surface area (Å²) in [5.74, 6) is -0.225. The zero-order valence-electron chi connectivity index (χ0n) is 7.59. The lowest BCUT2D eigenvalue weighted by atomic mass is 10.1. The third kappa shape index (κ3) is 2.13. The van der Waals surface area contributed by atoms with Crippen molar-refractivity contribution < 1.29 is 9.13 Å². The largest absolute Gasteiger partial charge is 0.378 e. The number of rotatable bonds is 1. The highest BCUT2D eigenvalue weighted by molar-refractivity contribution is 9.10. The fourth-order valence-corrected chi connectivity index (χ4v) is 2.18. The topological polar surface area (TPSA) is 21.3 Å². The molecule has 1 aliphatic heterocycles. The van der Waals surface area contributed by atoms with Crippen LogP contribution in [-0.4, -0.2) is 19.8 Å². The summed E-state index contributed by atoms with van der Waals surface area (Å²) >= 11 is 3.35. The highest BCUT2D eigenvalue weighted by Crippen LogP contribution is 2.25. The Bertz CT molecular complexity index is 326. The minimum Gasteiger partial charge on any atom is -0.378 e. The summed E-state index contributed by atoms with van der Waals surface area (Å²) in [5.41, 5.74) is 1.05. The molecule has 0 spiro atoms. The van der Waals surface area contributed by atoms with E-state index in [1.54, 1.807) is 6.07 Å². The maximum Gasteiger partial charge on any atom is 0.124 e. The molecule has 0 unspecified atom stereocenters. The molecule has 1 aromatic carbocycles. The summed E-state index contributed by atoms with van der Waals surface area (Å²) < 4.78 is 19.0. The van der Waals surface area contributed by atoms with Gasteiger partial charge in [-0.15, -0.1) is 0 Å². The third-order valence-electron chi connectivity index (χ3n) is 2.26. The van der Waals surface area contributed by atoms with Gasteiger partial charge in [-0.1, -0.05) is 22.0 Å². The summed E-state index contributed by atoms with van der Waals surface area (Å²) in [6, 6.07) is 4.90. The van der Waals surface area contributed by atoms with Crippen LogP contribution in [0, 0.1) is 5.82 Å². The standard InChI is InChI=1S/C10H11BrFNO/c11-9-5-7(12)1-2-8(9)10-6-14-4-3-13-10/h1-2,5,10,13H,3-4,6H2/t10-/m0/s1. The van der Waals surface area contributed by atoms with Gasteiger partial charge in [0.1, 0.15) is 5.82 Å². The summed E-state index contributed by atoms with van der Waals surface area (Å²) in [6.45, 7) is 2.23. The lowest BCUT2D eigenvalue weighted by molar-refractivity contribution is 0.0766. The fraction of sp³-hybridized carbons (Fsp3) is 0.400. The predicted molar refractivity (Wildman–Crippen MR) is 55.7 cm³/mol. The van der Waals surface area contributed by atoms with Gasteiger partial charge in [0.05, 0.1) is 19.3 Å². The quantitative estimate of drug-likeness (QED) is 0.836. The molecule has 0 amide bonds. The predicted octanol–water partition coefficient (Wildman–Crippen LogP) is 2.25. The van der Waals surface area contributed by atoms with Crippen LogP contribution in [0.15, 0.2) is 22.7 Å². The van der Waals surface area contributed by atoms with Gasteiger partial charge in [0.15, 0.2) is 0 Å². The molecule has 1 N–H and O–H groups in total. The van der Waals surface area contributed by atoms with E-state index in [1.807, 2.05) is 0 Å². The molecule has 1 heterocycles. The summed E-state index contributed by atoms with van der Waals surface area (Å²) in [4.78, 5) is 0. The van der Waals surface area contributed by atoms with Crippen LogP contribution in [0.1, 0.15) is 11.6 Å². The van der Waals surface area contributed by atoms with Gasteiger partial charge in [0.25, 0.3) is 0 Å². The Kier molecular flexibility index (Phi) is 3.15.